The monoisotopic (exact) mass is 302 g/mol. The van der Waals surface area contributed by atoms with E-state index in [-0.39, 0.29) is 18.8 Å². The molecule has 3 aliphatic heterocycles. The molecule has 0 radical (unpaired) electrons. The van der Waals surface area contributed by atoms with Crippen molar-refractivity contribution in [3.8, 4) is 11.5 Å². The van der Waals surface area contributed by atoms with E-state index >= 15 is 0 Å². The summed E-state index contributed by atoms with van der Waals surface area (Å²) in [5.74, 6) is 1.48. The summed E-state index contributed by atoms with van der Waals surface area (Å²) in [6.07, 6.45) is 1.35. The van der Waals surface area contributed by atoms with Gasteiger partial charge in [0.1, 0.15) is 12.6 Å². The molecule has 4 aliphatic rings. The van der Waals surface area contributed by atoms with Crippen molar-refractivity contribution in [3.63, 3.8) is 0 Å². The number of quaternary nitrogens is 1. The fourth-order valence-electron chi connectivity index (χ4n) is 4.96. The van der Waals surface area contributed by atoms with Crippen molar-refractivity contribution < 1.29 is 24.2 Å². The molecule has 0 spiro atoms. The van der Waals surface area contributed by atoms with E-state index in [0.717, 1.165) is 41.1 Å². The Kier molecular flexibility index (Phi) is 2.38. The van der Waals surface area contributed by atoms with Crippen molar-refractivity contribution in [2.24, 2.45) is 0 Å². The van der Waals surface area contributed by atoms with E-state index in [1.54, 1.807) is 0 Å². The molecule has 5 atom stereocenters. The van der Waals surface area contributed by atoms with E-state index in [0.29, 0.717) is 0 Å². The van der Waals surface area contributed by atoms with Crippen molar-refractivity contribution in [1.82, 2.24) is 0 Å². The van der Waals surface area contributed by atoms with Gasteiger partial charge >= 0.3 is 0 Å². The number of hydrogen-bond donors (Lipinski definition) is 2. The molecule has 5 heteroatoms. The Bertz CT molecular complexity index is 700. The van der Waals surface area contributed by atoms with Crippen LogP contribution < -0.4 is 9.47 Å². The molecular weight excluding hydrogens is 282 g/mol. The summed E-state index contributed by atoms with van der Waals surface area (Å²) in [5.41, 5.74) is 3.62. The van der Waals surface area contributed by atoms with Gasteiger partial charge in [-0.3, -0.25) is 0 Å². The number of aliphatic hydroxyl groups excluding tert-OH is 2. The number of hydrogen-bond acceptors (Lipinski definition) is 4. The zero-order valence-electron chi connectivity index (χ0n) is 12.5. The lowest BCUT2D eigenvalue weighted by Crippen LogP contribution is -2.58. The van der Waals surface area contributed by atoms with Crippen LogP contribution in [0.3, 0.4) is 0 Å². The molecule has 5 nitrogen and oxygen atoms in total. The first-order valence-electron chi connectivity index (χ1n) is 7.90. The van der Waals surface area contributed by atoms with Crippen LogP contribution in [-0.4, -0.2) is 53.3 Å². The maximum atomic E-state index is 10.7. The predicted octanol–water partition coefficient (Wildman–Crippen LogP) is 0.893. The van der Waals surface area contributed by atoms with Crippen LogP contribution in [0.15, 0.2) is 23.8 Å². The minimum atomic E-state index is -0.779. The number of aliphatic hydroxyl groups is 2. The van der Waals surface area contributed by atoms with Crippen molar-refractivity contribution in [1.29, 1.82) is 0 Å². The van der Waals surface area contributed by atoms with Gasteiger partial charge in [-0.25, -0.2) is 0 Å². The Balaban J connectivity index is 1.73. The van der Waals surface area contributed by atoms with Gasteiger partial charge in [-0.05, 0) is 29.3 Å². The second-order valence-corrected chi connectivity index (χ2v) is 7.21. The van der Waals surface area contributed by atoms with Crippen molar-refractivity contribution in [3.05, 3.63) is 34.9 Å². The molecule has 1 saturated heterocycles. The maximum Gasteiger partial charge on any atom is 0.231 e. The highest BCUT2D eigenvalue weighted by Gasteiger charge is 2.56. The summed E-state index contributed by atoms with van der Waals surface area (Å²) in [6, 6.07) is 4.35. The van der Waals surface area contributed by atoms with Gasteiger partial charge < -0.3 is 24.2 Å². The SMILES string of the molecule is C[N@+]12CCC3=C[C@H](O)[C@@H](O)[C@H](c4cc5c(cc4C1)OCO5)[C@@H]32. The lowest BCUT2D eigenvalue weighted by Gasteiger charge is -2.48. The topological polar surface area (TPSA) is 58.9 Å². The Morgan fingerprint density at radius 3 is 2.77 bits per heavy atom. The number of nitrogens with zero attached hydrogens (tertiary/aromatic N) is 1. The van der Waals surface area contributed by atoms with E-state index in [9.17, 15) is 10.2 Å². The zero-order valence-corrected chi connectivity index (χ0v) is 12.5. The van der Waals surface area contributed by atoms with E-state index < -0.39 is 12.2 Å². The van der Waals surface area contributed by atoms with Gasteiger partial charge in [-0.15, -0.1) is 0 Å². The molecule has 2 N–H and O–H groups in total. The standard InChI is InChI=1S/C17H20NO4/c1-18-3-2-9-4-12(19)17(20)15(16(9)18)11-6-14-13(21-8-22-14)5-10(11)7-18/h4-6,12,15-17,19-20H,2-3,7-8H2,1H3/q+1/t12-,15+,16+,17+,18-/m0/s1. The van der Waals surface area contributed by atoms with Gasteiger partial charge in [-0.1, -0.05) is 0 Å². The maximum absolute atomic E-state index is 10.7. The average molecular weight is 302 g/mol. The van der Waals surface area contributed by atoms with Gasteiger partial charge in [0.2, 0.25) is 6.79 Å². The fraction of sp³-hybridized carbons (Fsp3) is 0.529. The number of fused-ring (bicyclic) bond motifs is 3. The van der Waals surface area contributed by atoms with E-state index in [1.165, 1.54) is 11.1 Å². The minimum absolute atomic E-state index is 0.0688. The normalized spacial score (nSPS) is 41.0. The van der Waals surface area contributed by atoms with Crippen LogP contribution in [0, 0.1) is 0 Å². The molecule has 116 valence electrons. The molecule has 0 bridgehead atoms. The Morgan fingerprint density at radius 2 is 1.95 bits per heavy atom. The van der Waals surface area contributed by atoms with Crippen LogP contribution in [0.25, 0.3) is 0 Å². The molecule has 22 heavy (non-hydrogen) atoms. The number of benzene rings is 1. The average Bonchev–Trinajstić information content (AvgIpc) is 3.06. The highest BCUT2D eigenvalue weighted by atomic mass is 16.7. The number of ether oxygens (including phenoxy) is 2. The Morgan fingerprint density at radius 1 is 1.18 bits per heavy atom. The number of likely N-dealkylation sites (N-methyl/N-ethyl adjacent to an activating group) is 1. The smallest absolute Gasteiger partial charge is 0.231 e. The van der Waals surface area contributed by atoms with Crippen LogP contribution in [0.5, 0.6) is 11.5 Å². The molecule has 0 amide bonds. The lowest BCUT2D eigenvalue weighted by atomic mass is 9.72. The third-order valence-electron chi connectivity index (χ3n) is 5.93. The molecule has 1 aromatic rings. The van der Waals surface area contributed by atoms with E-state index in [1.807, 2.05) is 12.1 Å². The molecule has 5 rings (SSSR count). The molecule has 0 aromatic heterocycles. The highest BCUT2D eigenvalue weighted by molar-refractivity contribution is 5.52. The first kappa shape index (κ1) is 12.9. The van der Waals surface area contributed by atoms with E-state index in [4.69, 9.17) is 9.47 Å². The quantitative estimate of drug-likeness (QED) is 0.552. The summed E-state index contributed by atoms with van der Waals surface area (Å²) >= 11 is 0. The summed E-state index contributed by atoms with van der Waals surface area (Å²) < 4.78 is 11.9. The van der Waals surface area contributed by atoms with Crippen molar-refractivity contribution >= 4 is 0 Å². The molecule has 1 fully saturated rings. The van der Waals surface area contributed by atoms with Gasteiger partial charge in [-0.2, -0.15) is 0 Å². The van der Waals surface area contributed by atoms with Gasteiger partial charge in [0.15, 0.2) is 11.5 Å². The van der Waals surface area contributed by atoms with Gasteiger partial charge in [0.05, 0.1) is 31.7 Å². The third-order valence-corrected chi connectivity index (χ3v) is 5.93. The predicted molar refractivity (Wildman–Crippen MR) is 78.6 cm³/mol. The Hall–Kier alpha value is -1.56. The molecule has 0 unspecified atom stereocenters. The van der Waals surface area contributed by atoms with Crippen LogP contribution in [0.1, 0.15) is 23.5 Å². The largest absolute Gasteiger partial charge is 0.454 e. The van der Waals surface area contributed by atoms with Gasteiger partial charge in [0.25, 0.3) is 0 Å². The second-order valence-electron chi connectivity index (χ2n) is 7.21. The summed E-state index contributed by atoms with van der Waals surface area (Å²) in [6.45, 7) is 2.25. The fourth-order valence-corrected chi connectivity index (χ4v) is 4.96. The molecular formula is C17H20NO4+. The second kappa shape index (κ2) is 4.04. The van der Waals surface area contributed by atoms with Gasteiger partial charge in [0, 0.05) is 12.0 Å². The molecule has 1 aliphatic carbocycles. The lowest BCUT2D eigenvalue weighted by molar-refractivity contribution is -0.935. The summed E-state index contributed by atoms with van der Waals surface area (Å²) in [4.78, 5) is 0. The highest BCUT2D eigenvalue weighted by Crippen LogP contribution is 2.52. The van der Waals surface area contributed by atoms with Crippen LogP contribution in [0.2, 0.25) is 0 Å². The minimum Gasteiger partial charge on any atom is -0.454 e. The van der Waals surface area contributed by atoms with Crippen LogP contribution >= 0.6 is 0 Å². The van der Waals surface area contributed by atoms with Crippen molar-refractivity contribution in [2.75, 3.05) is 20.4 Å². The zero-order chi connectivity index (χ0) is 15.1. The third kappa shape index (κ3) is 1.49. The number of rotatable bonds is 0. The molecule has 0 saturated carbocycles. The molecule has 3 heterocycles. The summed E-state index contributed by atoms with van der Waals surface area (Å²) in [5, 5.41) is 20.9. The Labute approximate surface area is 129 Å². The van der Waals surface area contributed by atoms with Crippen molar-refractivity contribution in [2.45, 2.75) is 37.1 Å². The van der Waals surface area contributed by atoms with Crippen LogP contribution in [-0.2, 0) is 6.54 Å². The first-order valence-corrected chi connectivity index (χ1v) is 7.90. The summed E-state index contributed by atoms with van der Waals surface area (Å²) in [7, 11) is 2.26. The van der Waals surface area contributed by atoms with Crippen LogP contribution in [0.4, 0.5) is 0 Å². The first-order chi connectivity index (χ1) is 10.6. The molecule has 1 aromatic carbocycles. The van der Waals surface area contributed by atoms with E-state index in [2.05, 4.69) is 13.1 Å².